The second kappa shape index (κ2) is 8.26. The number of aromatic nitrogens is 1. The number of methoxy groups -OCH3 is 1. The Morgan fingerprint density at radius 2 is 1.82 bits per heavy atom. The van der Waals surface area contributed by atoms with E-state index in [-0.39, 0.29) is 11.9 Å². The second-order valence-electron chi connectivity index (χ2n) is 7.07. The fourth-order valence-electron chi connectivity index (χ4n) is 3.89. The molecule has 0 aliphatic carbocycles. The van der Waals surface area contributed by atoms with Crippen molar-refractivity contribution in [3.63, 3.8) is 0 Å². The van der Waals surface area contributed by atoms with Crippen LogP contribution in [0.1, 0.15) is 46.2 Å². The van der Waals surface area contributed by atoms with Gasteiger partial charge in [0.25, 0.3) is 5.91 Å². The average molecular weight is 372 g/mol. The van der Waals surface area contributed by atoms with Gasteiger partial charge in [0.05, 0.1) is 18.8 Å². The van der Waals surface area contributed by atoms with Crippen molar-refractivity contribution in [1.29, 1.82) is 0 Å². The molecule has 142 valence electrons. The molecule has 2 heterocycles. The normalized spacial score (nSPS) is 16.2. The van der Waals surface area contributed by atoms with Crippen molar-refractivity contribution < 1.29 is 9.53 Å². The maximum absolute atomic E-state index is 13.0. The smallest absolute Gasteiger partial charge is 0.254 e. The first-order valence-electron chi connectivity index (χ1n) is 9.70. The molecule has 0 saturated carbocycles. The Kier molecular flexibility index (Phi) is 5.38. The van der Waals surface area contributed by atoms with Gasteiger partial charge >= 0.3 is 0 Å². The van der Waals surface area contributed by atoms with Gasteiger partial charge in [-0.1, -0.05) is 42.5 Å². The van der Waals surface area contributed by atoms with Gasteiger partial charge in [0, 0.05) is 29.8 Å². The summed E-state index contributed by atoms with van der Waals surface area (Å²) in [6.07, 6.45) is 2.66. The Hall–Kier alpha value is -3.14. The SMILES string of the molecule is COc1ccccc1Cc1cccc([C@@H]2CCCN2C(=O)c2ccccc2)n1. The van der Waals surface area contributed by atoms with Gasteiger partial charge < -0.3 is 9.64 Å². The van der Waals surface area contributed by atoms with Crippen LogP contribution in [0, 0.1) is 0 Å². The molecule has 4 nitrogen and oxygen atoms in total. The van der Waals surface area contributed by atoms with Gasteiger partial charge in [-0.3, -0.25) is 9.78 Å². The van der Waals surface area contributed by atoms with Crippen LogP contribution < -0.4 is 4.74 Å². The van der Waals surface area contributed by atoms with Crippen molar-refractivity contribution in [3.05, 3.63) is 95.3 Å². The van der Waals surface area contributed by atoms with Gasteiger partial charge in [0.15, 0.2) is 0 Å². The Balaban J connectivity index is 1.57. The number of carbonyl (C=O) groups is 1. The van der Waals surface area contributed by atoms with Crippen molar-refractivity contribution in [2.75, 3.05) is 13.7 Å². The highest BCUT2D eigenvalue weighted by molar-refractivity contribution is 5.94. The summed E-state index contributed by atoms with van der Waals surface area (Å²) in [7, 11) is 1.69. The first kappa shape index (κ1) is 18.2. The van der Waals surface area contributed by atoms with Crippen molar-refractivity contribution in [2.45, 2.75) is 25.3 Å². The van der Waals surface area contributed by atoms with E-state index >= 15 is 0 Å². The highest BCUT2D eigenvalue weighted by Crippen LogP contribution is 2.32. The quantitative estimate of drug-likeness (QED) is 0.654. The van der Waals surface area contributed by atoms with Gasteiger partial charge in [0.2, 0.25) is 0 Å². The maximum atomic E-state index is 13.0. The number of nitrogens with zero attached hydrogens (tertiary/aromatic N) is 2. The van der Waals surface area contributed by atoms with Crippen LogP contribution in [0.2, 0.25) is 0 Å². The molecule has 0 unspecified atom stereocenters. The zero-order chi connectivity index (χ0) is 19.3. The molecule has 3 aromatic rings. The van der Waals surface area contributed by atoms with Crippen LogP contribution in [-0.2, 0) is 6.42 Å². The van der Waals surface area contributed by atoms with Crippen LogP contribution in [0.15, 0.2) is 72.8 Å². The molecule has 0 spiro atoms. The maximum Gasteiger partial charge on any atom is 0.254 e. The summed E-state index contributed by atoms with van der Waals surface area (Å²) in [4.78, 5) is 19.8. The van der Waals surface area contributed by atoms with Crippen LogP contribution in [0.5, 0.6) is 5.75 Å². The number of rotatable bonds is 5. The fourth-order valence-corrected chi connectivity index (χ4v) is 3.89. The molecule has 0 radical (unpaired) electrons. The summed E-state index contributed by atoms with van der Waals surface area (Å²) in [5.74, 6) is 0.955. The molecule has 1 amide bonds. The van der Waals surface area contributed by atoms with E-state index in [9.17, 15) is 4.79 Å². The summed E-state index contributed by atoms with van der Waals surface area (Å²) in [6, 6.07) is 23.7. The lowest BCUT2D eigenvalue weighted by atomic mass is 10.1. The molecule has 28 heavy (non-hydrogen) atoms. The van der Waals surface area contributed by atoms with Gasteiger partial charge in [-0.05, 0) is 43.2 Å². The van der Waals surface area contributed by atoms with Gasteiger partial charge in [-0.15, -0.1) is 0 Å². The molecule has 1 aliphatic heterocycles. The minimum absolute atomic E-state index is 0.0327. The predicted octanol–water partition coefficient (Wildman–Crippen LogP) is 4.66. The molecule has 1 fully saturated rings. The molecule has 1 saturated heterocycles. The van der Waals surface area contributed by atoms with E-state index in [1.54, 1.807) is 7.11 Å². The number of benzene rings is 2. The highest BCUT2D eigenvalue weighted by atomic mass is 16.5. The molecule has 0 N–H and O–H groups in total. The van der Waals surface area contributed by atoms with E-state index in [1.165, 1.54) is 0 Å². The fraction of sp³-hybridized carbons (Fsp3) is 0.250. The third kappa shape index (κ3) is 3.77. The van der Waals surface area contributed by atoms with Crippen molar-refractivity contribution in [3.8, 4) is 5.75 Å². The number of pyridine rings is 1. The molecule has 0 bridgehead atoms. The van der Waals surface area contributed by atoms with Crippen LogP contribution >= 0.6 is 0 Å². The molecule has 4 heteroatoms. The Labute approximate surface area is 165 Å². The van der Waals surface area contributed by atoms with E-state index in [4.69, 9.17) is 9.72 Å². The Bertz CT molecular complexity index is 956. The van der Waals surface area contributed by atoms with Crippen molar-refractivity contribution >= 4 is 5.91 Å². The van der Waals surface area contributed by atoms with Crippen molar-refractivity contribution in [1.82, 2.24) is 9.88 Å². The molecular formula is C24H24N2O2. The highest BCUT2D eigenvalue weighted by Gasteiger charge is 2.31. The molecule has 2 aromatic carbocycles. The monoisotopic (exact) mass is 372 g/mol. The lowest BCUT2D eigenvalue weighted by Crippen LogP contribution is -2.31. The standard InChI is InChI=1S/C24H24N2O2/c1-28-23-15-6-5-11-19(23)17-20-12-7-13-21(25-20)22-14-8-16-26(22)24(27)18-9-3-2-4-10-18/h2-7,9-13,15,22H,8,14,16-17H2,1H3/t22-/m0/s1. The molecule has 1 atom stereocenters. The largest absolute Gasteiger partial charge is 0.496 e. The Morgan fingerprint density at radius 1 is 1.04 bits per heavy atom. The minimum atomic E-state index is 0.0327. The Morgan fingerprint density at radius 3 is 2.64 bits per heavy atom. The van der Waals surface area contributed by atoms with Crippen LogP contribution in [-0.4, -0.2) is 29.4 Å². The summed E-state index contributed by atoms with van der Waals surface area (Å²) in [5, 5.41) is 0. The summed E-state index contributed by atoms with van der Waals surface area (Å²) >= 11 is 0. The number of likely N-dealkylation sites (tertiary alicyclic amines) is 1. The number of amides is 1. The van der Waals surface area contributed by atoms with E-state index in [2.05, 4.69) is 6.07 Å². The zero-order valence-corrected chi connectivity index (χ0v) is 16.0. The summed E-state index contributed by atoms with van der Waals surface area (Å²) in [6.45, 7) is 0.775. The minimum Gasteiger partial charge on any atom is -0.496 e. The van der Waals surface area contributed by atoms with Crippen LogP contribution in [0.25, 0.3) is 0 Å². The zero-order valence-electron chi connectivity index (χ0n) is 16.0. The third-order valence-corrected chi connectivity index (χ3v) is 5.27. The molecular weight excluding hydrogens is 348 g/mol. The number of hydrogen-bond acceptors (Lipinski definition) is 3. The van der Waals surface area contributed by atoms with E-state index < -0.39 is 0 Å². The van der Waals surface area contributed by atoms with Crippen LogP contribution in [0.4, 0.5) is 0 Å². The third-order valence-electron chi connectivity index (χ3n) is 5.27. The molecule has 4 rings (SSSR count). The van der Waals surface area contributed by atoms with Crippen molar-refractivity contribution in [2.24, 2.45) is 0 Å². The molecule has 1 aliphatic rings. The first-order chi connectivity index (χ1) is 13.8. The first-order valence-corrected chi connectivity index (χ1v) is 9.70. The summed E-state index contributed by atoms with van der Waals surface area (Å²) in [5.41, 5.74) is 3.80. The average Bonchev–Trinajstić information content (AvgIpc) is 3.24. The molecule has 1 aromatic heterocycles. The lowest BCUT2D eigenvalue weighted by molar-refractivity contribution is 0.0733. The van der Waals surface area contributed by atoms with Crippen LogP contribution in [0.3, 0.4) is 0 Å². The number of hydrogen-bond donors (Lipinski definition) is 0. The van der Waals surface area contributed by atoms with Gasteiger partial charge in [-0.2, -0.15) is 0 Å². The van der Waals surface area contributed by atoms with E-state index in [1.807, 2.05) is 71.6 Å². The number of ether oxygens (including phenoxy) is 1. The summed E-state index contributed by atoms with van der Waals surface area (Å²) < 4.78 is 5.46. The number of para-hydroxylation sites is 1. The number of carbonyl (C=O) groups excluding carboxylic acids is 1. The lowest BCUT2D eigenvalue weighted by Gasteiger charge is -2.25. The van der Waals surface area contributed by atoms with Gasteiger partial charge in [-0.25, -0.2) is 0 Å². The van der Waals surface area contributed by atoms with E-state index in [0.717, 1.165) is 47.7 Å². The second-order valence-corrected chi connectivity index (χ2v) is 7.07. The topological polar surface area (TPSA) is 42.4 Å². The van der Waals surface area contributed by atoms with Gasteiger partial charge in [0.1, 0.15) is 5.75 Å². The van der Waals surface area contributed by atoms with E-state index in [0.29, 0.717) is 6.42 Å². The predicted molar refractivity (Wildman–Crippen MR) is 109 cm³/mol.